The lowest BCUT2D eigenvalue weighted by Crippen LogP contribution is -2.50. The number of carbonyl (C=O) groups excluding carboxylic acids is 1. The zero-order chi connectivity index (χ0) is 14.1. The summed E-state index contributed by atoms with van der Waals surface area (Å²) in [5, 5.41) is 3.03. The van der Waals surface area contributed by atoms with Gasteiger partial charge in [-0.2, -0.15) is 0 Å². The van der Waals surface area contributed by atoms with Crippen LogP contribution in [0, 0.1) is 5.41 Å². The van der Waals surface area contributed by atoms with Gasteiger partial charge in [0, 0.05) is 12.0 Å². The minimum Gasteiger partial charge on any atom is -0.354 e. The summed E-state index contributed by atoms with van der Waals surface area (Å²) in [6, 6.07) is 9.95. The quantitative estimate of drug-likeness (QED) is 0.872. The van der Waals surface area contributed by atoms with Gasteiger partial charge in [-0.25, -0.2) is 0 Å². The first-order chi connectivity index (χ1) is 8.85. The van der Waals surface area contributed by atoms with Crippen molar-refractivity contribution < 1.29 is 4.79 Å². The predicted molar refractivity (Wildman–Crippen MR) is 77.8 cm³/mol. The van der Waals surface area contributed by atoms with Gasteiger partial charge in [-0.15, -0.1) is 0 Å². The highest BCUT2D eigenvalue weighted by atomic mass is 16.2. The molecule has 1 saturated carbocycles. The second kappa shape index (κ2) is 4.97. The first-order valence-electron chi connectivity index (χ1n) is 6.94. The number of hydrogen-bond donors (Lipinski definition) is 2. The van der Waals surface area contributed by atoms with Crippen LogP contribution in [-0.2, 0) is 10.2 Å². The molecule has 0 aromatic heterocycles. The Kier molecular flexibility index (Phi) is 3.68. The normalized spacial score (nSPS) is 18.7. The predicted octanol–water partition coefficient (Wildman–Crippen LogP) is 2.21. The third-order valence-electron chi connectivity index (χ3n) is 4.06. The summed E-state index contributed by atoms with van der Waals surface area (Å²) in [6.07, 6.45) is 2.28. The molecule has 3 nitrogen and oxygen atoms in total. The van der Waals surface area contributed by atoms with Crippen LogP contribution in [0.1, 0.15) is 39.2 Å². The molecule has 0 spiro atoms. The van der Waals surface area contributed by atoms with E-state index in [1.54, 1.807) is 0 Å². The van der Waals surface area contributed by atoms with Crippen molar-refractivity contribution in [1.82, 2.24) is 5.32 Å². The fourth-order valence-corrected chi connectivity index (χ4v) is 2.27. The molecule has 3 N–H and O–H groups in total. The number of amides is 1. The Labute approximate surface area is 115 Å². The maximum atomic E-state index is 12.1. The van der Waals surface area contributed by atoms with Gasteiger partial charge in [0.05, 0.1) is 6.04 Å². The molecule has 1 aliphatic carbocycles. The van der Waals surface area contributed by atoms with Gasteiger partial charge in [0.1, 0.15) is 0 Å². The Morgan fingerprint density at radius 2 is 1.89 bits per heavy atom. The van der Waals surface area contributed by atoms with E-state index in [0.717, 1.165) is 12.8 Å². The fourth-order valence-electron chi connectivity index (χ4n) is 2.27. The number of rotatable bonds is 4. The van der Waals surface area contributed by atoms with Gasteiger partial charge < -0.3 is 11.1 Å². The lowest BCUT2D eigenvalue weighted by molar-refractivity contribution is -0.124. The number of carbonyl (C=O) groups is 1. The van der Waals surface area contributed by atoms with Gasteiger partial charge in [-0.1, -0.05) is 51.1 Å². The zero-order valence-corrected chi connectivity index (χ0v) is 12.1. The van der Waals surface area contributed by atoms with Crippen LogP contribution in [0.2, 0.25) is 0 Å². The average molecular weight is 260 g/mol. The van der Waals surface area contributed by atoms with Gasteiger partial charge in [-0.05, 0) is 23.8 Å². The Morgan fingerprint density at radius 3 is 2.37 bits per heavy atom. The molecule has 1 aromatic rings. The Hall–Kier alpha value is -1.35. The van der Waals surface area contributed by atoms with E-state index in [0.29, 0.717) is 6.54 Å². The van der Waals surface area contributed by atoms with E-state index in [-0.39, 0.29) is 16.7 Å². The molecule has 0 bridgehead atoms. The summed E-state index contributed by atoms with van der Waals surface area (Å²) < 4.78 is 0. The highest BCUT2D eigenvalue weighted by Gasteiger charge is 2.44. The van der Waals surface area contributed by atoms with Gasteiger partial charge in [0.2, 0.25) is 5.91 Å². The summed E-state index contributed by atoms with van der Waals surface area (Å²) in [6.45, 7) is 6.66. The molecular formula is C16H24N2O. The van der Waals surface area contributed by atoms with Crippen LogP contribution in [0.25, 0.3) is 0 Å². The lowest BCUT2D eigenvalue weighted by atomic mass is 9.86. The lowest BCUT2D eigenvalue weighted by Gasteiger charge is -2.27. The van der Waals surface area contributed by atoms with Crippen LogP contribution < -0.4 is 11.1 Å². The van der Waals surface area contributed by atoms with Gasteiger partial charge in [-0.3, -0.25) is 4.79 Å². The fraction of sp³-hybridized carbons (Fsp3) is 0.562. The average Bonchev–Trinajstić information content (AvgIpc) is 3.16. The maximum absolute atomic E-state index is 12.1. The molecule has 0 radical (unpaired) electrons. The monoisotopic (exact) mass is 260 g/mol. The van der Waals surface area contributed by atoms with E-state index in [1.165, 1.54) is 5.56 Å². The van der Waals surface area contributed by atoms with E-state index in [9.17, 15) is 4.79 Å². The Bertz CT molecular complexity index is 444. The van der Waals surface area contributed by atoms with Gasteiger partial charge >= 0.3 is 0 Å². The van der Waals surface area contributed by atoms with Crippen LogP contribution in [0.3, 0.4) is 0 Å². The molecule has 0 aliphatic heterocycles. The molecule has 1 aromatic carbocycles. The van der Waals surface area contributed by atoms with E-state index in [2.05, 4.69) is 29.6 Å². The van der Waals surface area contributed by atoms with Crippen molar-refractivity contribution in [2.45, 2.75) is 45.1 Å². The number of nitrogens with two attached hydrogens (primary N) is 1. The SMILES string of the molecule is CC(C)(C)[C@H](N)C(=O)NCC1(c2ccccc2)CC1. The minimum atomic E-state index is -0.459. The van der Waals surface area contributed by atoms with E-state index in [4.69, 9.17) is 5.73 Å². The highest BCUT2D eigenvalue weighted by Crippen LogP contribution is 2.47. The van der Waals surface area contributed by atoms with Crippen molar-refractivity contribution in [3.8, 4) is 0 Å². The smallest absolute Gasteiger partial charge is 0.237 e. The van der Waals surface area contributed by atoms with Crippen LogP contribution in [0.5, 0.6) is 0 Å². The van der Waals surface area contributed by atoms with E-state index in [1.807, 2.05) is 26.8 Å². The molecule has 104 valence electrons. The van der Waals surface area contributed by atoms with Crippen LogP contribution >= 0.6 is 0 Å². The first-order valence-corrected chi connectivity index (χ1v) is 6.94. The highest BCUT2D eigenvalue weighted by molar-refractivity contribution is 5.82. The topological polar surface area (TPSA) is 55.1 Å². The Balaban J connectivity index is 1.95. The number of benzene rings is 1. The summed E-state index contributed by atoms with van der Waals surface area (Å²) in [4.78, 5) is 12.1. The molecule has 1 atom stereocenters. The van der Waals surface area contributed by atoms with Crippen LogP contribution in [0.4, 0.5) is 0 Å². The molecule has 0 heterocycles. The van der Waals surface area contributed by atoms with Crippen molar-refractivity contribution in [2.24, 2.45) is 11.1 Å². The molecule has 1 aliphatic rings. The minimum absolute atomic E-state index is 0.0466. The molecular weight excluding hydrogens is 236 g/mol. The molecule has 0 unspecified atom stereocenters. The first kappa shape index (κ1) is 14.1. The van der Waals surface area contributed by atoms with E-state index >= 15 is 0 Å². The van der Waals surface area contributed by atoms with Crippen LogP contribution in [-0.4, -0.2) is 18.5 Å². The van der Waals surface area contributed by atoms with Crippen molar-refractivity contribution in [1.29, 1.82) is 0 Å². The standard InChI is InChI=1S/C16H24N2O/c1-15(2,3)13(17)14(19)18-11-16(9-10-16)12-7-5-4-6-8-12/h4-8,13H,9-11,17H2,1-3H3,(H,18,19)/t13-/m1/s1. The summed E-state index contributed by atoms with van der Waals surface area (Å²) >= 11 is 0. The molecule has 2 rings (SSSR count). The third-order valence-corrected chi connectivity index (χ3v) is 4.06. The van der Waals surface area contributed by atoms with Crippen molar-refractivity contribution in [3.05, 3.63) is 35.9 Å². The molecule has 1 amide bonds. The van der Waals surface area contributed by atoms with Crippen LogP contribution in [0.15, 0.2) is 30.3 Å². The second-order valence-electron chi connectivity index (χ2n) is 6.71. The molecule has 0 saturated heterocycles. The Morgan fingerprint density at radius 1 is 1.32 bits per heavy atom. The summed E-state index contributed by atoms with van der Waals surface area (Å²) in [5.74, 6) is -0.0466. The van der Waals surface area contributed by atoms with E-state index < -0.39 is 6.04 Å². The zero-order valence-electron chi connectivity index (χ0n) is 12.1. The molecule has 19 heavy (non-hydrogen) atoms. The molecule has 3 heteroatoms. The number of hydrogen-bond acceptors (Lipinski definition) is 2. The summed E-state index contributed by atoms with van der Waals surface area (Å²) in [5.41, 5.74) is 7.24. The second-order valence-corrected chi connectivity index (χ2v) is 6.71. The van der Waals surface area contributed by atoms with Crippen molar-refractivity contribution >= 4 is 5.91 Å². The van der Waals surface area contributed by atoms with Gasteiger partial charge in [0.25, 0.3) is 0 Å². The third kappa shape index (κ3) is 3.16. The van der Waals surface area contributed by atoms with Crippen molar-refractivity contribution in [2.75, 3.05) is 6.54 Å². The van der Waals surface area contributed by atoms with Crippen molar-refractivity contribution in [3.63, 3.8) is 0 Å². The molecule has 1 fully saturated rings. The maximum Gasteiger partial charge on any atom is 0.237 e. The largest absolute Gasteiger partial charge is 0.354 e. The van der Waals surface area contributed by atoms with Gasteiger partial charge in [0.15, 0.2) is 0 Å². The summed E-state index contributed by atoms with van der Waals surface area (Å²) in [7, 11) is 0. The number of nitrogens with one attached hydrogen (secondary N) is 1.